The van der Waals surface area contributed by atoms with Crippen LogP contribution >= 0.6 is 11.3 Å². The predicted octanol–water partition coefficient (Wildman–Crippen LogP) is 1.28. The lowest BCUT2D eigenvalue weighted by molar-refractivity contribution is -0.131. The van der Waals surface area contributed by atoms with Gasteiger partial charge in [0.25, 0.3) is 0 Å². The van der Waals surface area contributed by atoms with Crippen LogP contribution in [0.3, 0.4) is 0 Å². The fraction of sp³-hybridized carbons (Fsp3) is 0.600. The molecule has 4 nitrogen and oxygen atoms in total. The molecule has 15 heavy (non-hydrogen) atoms. The maximum atomic E-state index is 11.8. The normalized spacial score (nSPS) is 16.7. The van der Waals surface area contributed by atoms with Crippen LogP contribution < -0.4 is 5.73 Å². The molecule has 82 valence electrons. The number of likely N-dealkylation sites (tertiary alicyclic amines) is 1. The van der Waals surface area contributed by atoms with Gasteiger partial charge in [-0.3, -0.25) is 4.79 Å². The Morgan fingerprint density at radius 2 is 2.20 bits per heavy atom. The van der Waals surface area contributed by atoms with Crippen LogP contribution in [0.25, 0.3) is 0 Å². The molecule has 1 aliphatic rings. The summed E-state index contributed by atoms with van der Waals surface area (Å²) in [5.41, 5.74) is 6.31. The topological polar surface area (TPSA) is 59.2 Å². The van der Waals surface area contributed by atoms with Gasteiger partial charge in [0.15, 0.2) is 5.13 Å². The van der Waals surface area contributed by atoms with E-state index in [1.165, 1.54) is 17.8 Å². The zero-order chi connectivity index (χ0) is 10.7. The van der Waals surface area contributed by atoms with Gasteiger partial charge in [0.1, 0.15) is 0 Å². The molecule has 2 N–H and O–H groups in total. The highest BCUT2D eigenvalue weighted by molar-refractivity contribution is 7.13. The number of hydrogen-bond acceptors (Lipinski definition) is 4. The van der Waals surface area contributed by atoms with Crippen LogP contribution in [0.1, 0.15) is 25.0 Å². The maximum Gasteiger partial charge on any atom is 0.228 e. The number of nitrogen functional groups attached to an aromatic ring is 1. The number of aromatic nitrogens is 1. The second-order valence-electron chi connectivity index (χ2n) is 3.80. The lowest BCUT2D eigenvalue weighted by atomic mass is 10.1. The highest BCUT2D eigenvalue weighted by Crippen LogP contribution is 2.14. The molecule has 1 aliphatic heterocycles. The van der Waals surface area contributed by atoms with Crippen molar-refractivity contribution in [2.75, 3.05) is 18.8 Å². The molecule has 0 atom stereocenters. The van der Waals surface area contributed by atoms with Crippen molar-refractivity contribution in [2.24, 2.45) is 0 Å². The van der Waals surface area contributed by atoms with E-state index in [4.69, 9.17) is 5.73 Å². The van der Waals surface area contributed by atoms with Crippen molar-refractivity contribution >= 4 is 22.4 Å². The van der Waals surface area contributed by atoms with Gasteiger partial charge in [-0.25, -0.2) is 4.98 Å². The van der Waals surface area contributed by atoms with Gasteiger partial charge in [0.2, 0.25) is 5.91 Å². The molecule has 1 saturated heterocycles. The standard InChI is InChI=1S/C10H15N3OS/c11-10-12-8(7-15-10)6-9(14)13-4-2-1-3-5-13/h7H,1-6H2,(H2,11,12). The number of thiazole rings is 1. The van der Waals surface area contributed by atoms with Crippen molar-refractivity contribution in [3.63, 3.8) is 0 Å². The third kappa shape index (κ3) is 2.68. The fourth-order valence-electron chi connectivity index (χ4n) is 1.81. The average molecular weight is 225 g/mol. The Bertz CT molecular complexity index is 344. The molecule has 0 aliphatic carbocycles. The van der Waals surface area contributed by atoms with Crippen LogP contribution in [0.15, 0.2) is 5.38 Å². The van der Waals surface area contributed by atoms with E-state index < -0.39 is 0 Å². The summed E-state index contributed by atoms with van der Waals surface area (Å²) >= 11 is 1.39. The number of carbonyl (C=O) groups is 1. The number of anilines is 1. The lowest BCUT2D eigenvalue weighted by Gasteiger charge is -2.26. The minimum absolute atomic E-state index is 0.181. The first-order chi connectivity index (χ1) is 7.25. The molecule has 0 unspecified atom stereocenters. The Kier molecular flexibility index (Phi) is 3.20. The summed E-state index contributed by atoms with van der Waals surface area (Å²) in [5.74, 6) is 0.181. The molecule has 0 aromatic carbocycles. The molecule has 2 heterocycles. The smallest absolute Gasteiger partial charge is 0.228 e. The first kappa shape index (κ1) is 10.4. The molecule has 0 radical (unpaired) electrons. The number of carbonyl (C=O) groups excluding carboxylic acids is 1. The second kappa shape index (κ2) is 4.61. The first-order valence-corrected chi connectivity index (χ1v) is 6.11. The van der Waals surface area contributed by atoms with Crippen molar-refractivity contribution < 1.29 is 4.79 Å². The van der Waals surface area contributed by atoms with E-state index in [2.05, 4.69) is 4.98 Å². The van der Waals surface area contributed by atoms with Crippen LogP contribution in [0.2, 0.25) is 0 Å². The fourth-order valence-corrected chi connectivity index (χ4v) is 2.38. The van der Waals surface area contributed by atoms with Crippen LogP contribution in [0.4, 0.5) is 5.13 Å². The molecule has 1 amide bonds. The van der Waals surface area contributed by atoms with Crippen LogP contribution in [-0.4, -0.2) is 28.9 Å². The zero-order valence-corrected chi connectivity index (χ0v) is 9.42. The van der Waals surface area contributed by atoms with Crippen molar-refractivity contribution in [1.29, 1.82) is 0 Å². The molecule has 1 fully saturated rings. The number of piperidine rings is 1. The Hall–Kier alpha value is -1.10. The SMILES string of the molecule is Nc1nc(CC(=O)N2CCCCC2)cs1. The van der Waals surface area contributed by atoms with Crippen molar-refractivity contribution in [3.05, 3.63) is 11.1 Å². The molecule has 0 bridgehead atoms. The van der Waals surface area contributed by atoms with E-state index in [9.17, 15) is 4.79 Å². The molecule has 1 aromatic rings. The first-order valence-electron chi connectivity index (χ1n) is 5.23. The number of nitrogens with zero attached hydrogens (tertiary/aromatic N) is 2. The summed E-state index contributed by atoms with van der Waals surface area (Å²) in [6, 6.07) is 0. The van der Waals surface area contributed by atoms with E-state index >= 15 is 0 Å². The summed E-state index contributed by atoms with van der Waals surface area (Å²) in [4.78, 5) is 17.9. The monoisotopic (exact) mass is 225 g/mol. The van der Waals surface area contributed by atoms with E-state index in [0.717, 1.165) is 31.6 Å². The van der Waals surface area contributed by atoms with E-state index in [1.54, 1.807) is 0 Å². The minimum atomic E-state index is 0.181. The van der Waals surface area contributed by atoms with Crippen molar-refractivity contribution in [2.45, 2.75) is 25.7 Å². The summed E-state index contributed by atoms with van der Waals surface area (Å²) in [5, 5.41) is 2.40. The molecule has 5 heteroatoms. The van der Waals surface area contributed by atoms with Crippen LogP contribution in [0, 0.1) is 0 Å². The maximum absolute atomic E-state index is 11.8. The van der Waals surface area contributed by atoms with Crippen LogP contribution in [0.5, 0.6) is 0 Å². The van der Waals surface area contributed by atoms with Gasteiger partial charge in [0, 0.05) is 18.5 Å². The van der Waals surface area contributed by atoms with Gasteiger partial charge in [-0.15, -0.1) is 11.3 Å². The van der Waals surface area contributed by atoms with Gasteiger partial charge in [-0.2, -0.15) is 0 Å². The number of nitrogens with two attached hydrogens (primary N) is 1. The van der Waals surface area contributed by atoms with E-state index in [-0.39, 0.29) is 5.91 Å². The average Bonchev–Trinajstić information content (AvgIpc) is 2.65. The molecule has 2 rings (SSSR count). The Morgan fingerprint density at radius 3 is 2.80 bits per heavy atom. The summed E-state index contributed by atoms with van der Waals surface area (Å²) in [6.45, 7) is 1.80. The zero-order valence-electron chi connectivity index (χ0n) is 8.61. The largest absolute Gasteiger partial charge is 0.375 e. The third-order valence-corrected chi connectivity index (χ3v) is 3.33. The lowest BCUT2D eigenvalue weighted by Crippen LogP contribution is -2.36. The molecule has 1 aromatic heterocycles. The second-order valence-corrected chi connectivity index (χ2v) is 4.68. The van der Waals surface area contributed by atoms with Crippen molar-refractivity contribution in [1.82, 2.24) is 9.88 Å². The molecule has 0 saturated carbocycles. The van der Waals surface area contributed by atoms with Gasteiger partial charge in [-0.1, -0.05) is 0 Å². The Balaban J connectivity index is 1.91. The molecule has 0 spiro atoms. The van der Waals surface area contributed by atoms with Crippen molar-refractivity contribution in [3.8, 4) is 0 Å². The highest BCUT2D eigenvalue weighted by atomic mass is 32.1. The summed E-state index contributed by atoms with van der Waals surface area (Å²) in [6.07, 6.45) is 3.90. The van der Waals surface area contributed by atoms with Gasteiger partial charge in [-0.05, 0) is 19.3 Å². The number of rotatable bonds is 2. The third-order valence-electron chi connectivity index (χ3n) is 2.61. The minimum Gasteiger partial charge on any atom is -0.375 e. The summed E-state index contributed by atoms with van der Waals surface area (Å²) < 4.78 is 0. The number of hydrogen-bond donors (Lipinski definition) is 1. The van der Waals surface area contributed by atoms with Gasteiger partial charge < -0.3 is 10.6 Å². The molecular weight excluding hydrogens is 210 g/mol. The van der Waals surface area contributed by atoms with Crippen LogP contribution in [-0.2, 0) is 11.2 Å². The Morgan fingerprint density at radius 1 is 1.47 bits per heavy atom. The predicted molar refractivity (Wildman–Crippen MR) is 60.7 cm³/mol. The highest BCUT2D eigenvalue weighted by Gasteiger charge is 2.17. The molecular formula is C10H15N3OS. The van der Waals surface area contributed by atoms with E-state index in [1.807, 2.05) is 10.3 Å². The number of amides is 1. The summed E-state index contributed by atoms with van der Waals surface area (Å²) in [7, 11) is 0. The quantitative estimate of drug-likeness (QED) is 0.824. The van der Waals surface area contributed by atoms with E-state index in [0.29, 0.717) is 11.6 Å². The Labute approximate surface area is 93.1 Å². The van der Waals surface area contributed by atoms with Gasteiger partial charge in [0.05, 0.1) is 12.1 Å². The van der Waals surface area contributed by atoms with Gasteiger partial charge >= 0.3 is 0 Å².